The Bertz CT molecular complexity index is 564. The first-order chi connectivity index (χ1) is 8.85. The predicted octanol–water partition coefficient (Wildman–Crippen LogP) is 1.14. The van der Waals surface area contributed by atoms with E-state index < -0.39 is 9.84 Å². The molecule has 1 aromatic rings. The highest BCUT2D eigenvalue weighted by atomic mass is 32.2. The molecule has 2 N–H and O–H groups in total. The first-order valence-electron chi connectivity index (χ1n) is 6.19. The number of carbonyl (C=O) groups excluding carboxylic acids is 1. The molecule has 1 aliphatic heterocycles. The second-order valence-corrected chi connectivity index (χ2v) is 7.12. The molecule has 2 atom stereocenters. The normalized spacial score (nSPS) is 22.9. The van der Waals surface area contributed by atoms with Gasteiger partial charge in [0.25, 0.3) is 0 Å². The number of urea groups is 1. The lowest BCUT2D eigenvalue weighted by molar-refractivity contribution is 0.233. The first kappa shape index (κ1) is 13.9. The predicted molar refractivity (Wildman–Crippen MR) is 70.6 cm³/mol. The molecule has 1 fully saturated rings. The van der Waals surface area contributed by atoms with E-state index in [2.05, 4.69) is 10.6 Å². The molecule has 1 saturated heterocycles. The van der Waals surface area contributed by atoms with E-state index in [0.29, 0.717) is 12.2 Å². The third kappa shape index (κ3) is 3.73. The molecular formula is C12H18N2O4S. The van der Waals surface area contributed by atoms with Crippen molar-refractivity contribution in [1.29, 1.82) is 0 Å². The lowest BCUT2D eigenvalue weighted by atomic mass is 10.2. The number of rotatable bonds is 3. The van der Waals surface area contributed by atoms with E-state index in [-0.39, 0.29) is 29.6 Å². The van der Waals surface area contributed by atoms with Gasteiger partial charge in [-0.2, -0.15) is 0 Å². The van der Waals surface area contributed by atoms with Gasteiger partial charge in [-0.1, -0.05) is 0 Å². The zero-order valence-corrected chi connectivity index (χ0v) is 11.8. The van der Waals surface area contributed by atoms with Crippen LogP contribution < -0.4 is 10.6 Å². The Morgan fingerprint density at radius 1 is 1.47 bits per heavy atom. The van der Waals surface area contributed by atoms with Crippen molar-refractivity contribution >= 4 is 15.9 Å². The SMILES string of the molecule is Cc1ccc([C@H](C)NC(=O)N[C@H]2CCS(=O)(=O)C2)o1. The maximum absolute atomic E-state index is 11.7. The third-order valence-electron chi connectivity index (χ3n) is 3.10. The van der Waals surface area contributed by atoms with E-state index in [1.807, 2.05) is 19.9 Å². The molecule has 0 saturated carbocycles. The van der Waals surface area contributed by atoms with Gasteiger partial charge in [0.1, 0.15) is 11.5 Å². The highest BCUT2D eigenvalue weighted by molar-refractivity contribution is 7.91. The van der Waals surface area contributed by atoms with Crippen LogP contribution >= 0.6 is 0 Å². The highest BCUT2D eigenvalue weighted by Crippen LogP contribution is 2.16. The summed E-state index contributed by atoms with van der Waals surface area (Å²) in [6.07, 6.45) is 0.476. The van der Waals surface area contributed by atoms with Crippen LogP contribution in [-0.2, 0) is 9.84 Å². The topological polar surface area (TPSA) is 88.4 Å². The van der Waals surface area contributed by atoms with Crippen LogP contribution in [0.3, 0.4) is 0 Å². The minimum absolute atomic E-state index is 0.0225. The summed E-state index contributed by atoms with van der Waals surface area (Å²) in [7, 11) is -2.98. The number of aryl methyl sites for hydroxylation is 1. The molecule has 106 valence electrons. The maximum atomic E-state index is 11.7. The fraction of sp³-hybridized carbons (Fsp3) is 0.583. The Morgan fingerprint density at radius 3 is 2.74 bits per heavy atom. The Labute approximate surface area is 112 Å². The minimum Gasteiger partial charge on any atom is -0.464 e. The number of carbonyl (C=O) groups is 1. The van der Waals surface area contributed by atoms with E-state index >= 15 is 0 Å². The highest BCUT2D eigenvalue weighted by Gasteiger charge is 2.29. The number of hydrogen-bond acceptors (Lipinski definition) is 4. The molecule has 0 aliphatic carbocycles. The van der Waals surface area contributed by atoms with Crippen molar-refractivity contribution in [3.63, 3.8) is 0 Å². The number of nitrogens with one attached hydrogen (secondary N) is 2. The van der Waals surface area contributed by atoms with Crippen molar-refractivity contribution in [2.24, 2.45) is 0 Å². The van der Waals surface area contributed by atoms with Crippen molar-refractivity contribution in [2.75, 3.05) is 11.5 Å². The molecule has 0 bridgehead atoms. The van der Waals surface area contributed by atoms with Crippen LogP contribution in [-0.4, -0.2) is 32.0 Å². The van der Waals surface area contributed by atoms with E-state index in [0.717, 1.165) is 5.76 Å². The van der Waals surface area contributed by atoms with E-state index in [9.17, 15) is 13.2 Å². The standard InChI is InChI=1S/C12H18N2O4S/c1-8-3-4-11(18-8)9(2)13-12(15)14-10-5-6-19(16,17)7-10/h3-4,9-10H,5-7H2,1-2H3,(H2,13,14,15)/t9-,10-/m0/s1. The summed E-state index contributed by atoms with van der Waals surface area (Å²) < 4.78 is 28.0. The Morgan fingerprint density at radius 2 is 2.21 bits per heavy atom. The molecule has 7 heteroatoms. The number of sulfone groups is 1. The third-order valence-corrected chi connectivity index (χ3v) is 4.87. The molecule has 2 heterocycles. The van der Waals surface area contributed by atoms with Gasteiger partial charge in [0.15, 0.2) is 9.84 Å². The van der Waals surface area contributed by atoms with Crippen LogP contribution in [0.4, 0.5) is 4.79 Å². The summed E-state index contributed by atoms with van der Waals surface area (Å²) in [5.74, 6) is 1.62. The molecular weight excluding hydrogens is 268 g/mol. The van der Waals surface area contributed by atoms with Crippen LogP contribution in [0.15, 0.2) is 16.5 Å². The summed E-state index contributed by atoms with van der Waals surface area (Å²) in [6.45, 7) is 3.64. The van der Waals surface area contributed by atoms with Gasteiger partial charge in [-0.05, 0) is 32.4 Å². The number of furan rings is 1. The minimum atomic E-state index is -2.98. The van der Waals surface area contributed by atoms with Crippen LogP contribution in [0.25, 0.3) is 0 Å². The van der Waals surface area contributed by atoms with Gasteiger partial charge < -0.3 is 15.1 Å². The van der Waals surface area contributed by atoms with Crippen LogP contribution in [0.2, 0.25) is 0 Å². The van der Waals surface area contributed by atoms with Crippen molar-refractivity contribution in [2.45, 2.75) is 32.4 Å². The van der Waals surface area contributed by atoms with Gasteiger partial charge in [0.2, 0.25) is 0 Å². The largest absolute Gasteiger partial charge is 0.464 e. The smallest absolute Gasteiger partial charge is 0.315 e. The van der Waals surface area contributed by atoms with Crippen LogP contribution in [0.1, 0.15) is 30.9 Å². The van der Waals surface area contributed by atoms with Gasteiger partial charge in [0.05, 0.1) is 17.5 Å². The zero-order chi connectivity index (χ0) is 14.0. The fourth-order valence-electron chi connectivity index (χ4n) is 2.09. The molecule has 1 aromatic heterocycles. The van der Waals surface area contributed by atoms with Gasteiger partial charge in [0, 0.05) is 6.04 Å². The lowest BCUT2D eigenvalue weighted by Gasteiger charge is -2.15. The number of amides is 2. The Balaban J connectivity index is 1.85. The van der Waals surface area contributed by atoms with Crippen molar-refractivity contribution in [1.82, 2.24) is 10.6 Å². The molecule has 6 nitrogen and oxygen atoms in total. The van der Waals surface area contributed by atoms with Gasteiger partial charge in [-0.15, -0.1) is 0 Å². The van der Waals surface area contributed by atoms with Gasteiger partial charge in [-0.3, -0.25) is 0 Å². The lowest BCUT2D eigenvalue weighted by Crippen LogP contribution is -2.43. The van der Waals surface area contributed by atoms with E-state index in [1.165, 1.54) is 0 Å². The summed E-state index contributed by atoms with van der Waals surface area (Å²) in [5.41, 5.74) is 0. The molecule has 0 unspecified atom stereocenters. The first-order valence-corrected chi connectivity index (χ1v) is 8.01. The second-order valence-electron chi connectivity index (χ2n) is 4.89. The molecule has 0 aromatic carbocycles. The summed E-state index contributed by atoms with van der Waals surface area (Å²) in [6, 6.07) is 2.71. The Kier molecular flexibility index (Phi) is 3.84. The summed E-state index contributed by atoms with van der Waals surface area (Å²) in [5, 5.41) is 5.40. The van der Waals surface area contributed by atoms with Crippen LogP contribution in [0.5, 0.6) is 0 Å². The average Bonchev–Trinajstić information content (AvgIpc) is 2.85. The zero-order valence-electron chi connectivity index (χ0n) is 11.0. The Hall–Kier alpha value is -1.50. The van der Waals surface area contributed by atoms with Gasteiger partial charge in [-0.25, -0.2) is 13.2 Å². The molecule has 2 amide bonds. The fourth-order valence-corrected chi connectivity index (χ4v) is 3.76. The van der Waals surface area contributed by atoms with Crippen LogP contribution in [0, 0.1) is 6.92 Å². The monoisotopic (exact) mass is 286 g/mol. The van der Waals surface area contributed by atoms with Gasteiger partial charge >= 0.3 is 6.03 Å². The molecule has 0 radical (unpaired) electrons. The summed E-state index contributed by atoms with van der Waals surface area (Å²) in [4.78, 5) is 11.7. The summed E-state index contributed by atoms with van der Waals surface area (Å²) >= 11 is 0. The van der Waals surface area contributed by atoms with Crippen molar-refractivity contribution in [3.05, 3.63) is 23.7 Å². The average molecular weight is 286 g/mol. The quantitative estimate of drug-likeness (QED) is 0.872. The van der Waals surface area contributed by atoms with E-state index in [4.69, 9.17) is 4.42 Å². The van der Waals surface area contributed by atoms with E-state index in [1.54, 1.807) is 6.07 Å². The molecule has 2 rings (SSSR count). The molecule has 1 aliphatic rings. The van der Waals surface area contributed by atoms with Crippen molar-refractivity contribution in [3.8, 4) is 0 Å². The molecule has 0 spiro atoms. The second kappa shape index (κ2) is 5.24. The maximum Gasteiger partial charge on any atom is 0.315 e. The van der Waals surface area contributed by atoms with Crippen molar-refractivity contribution < 1.29 is 17.6 Å². The number of hydrogen-bond donors (Lipinski definition) is 2. The molecule has 19 heavy (non-hydrogen) atoms.